The Morgan fingerprint density at radius 1 is 1.05 bits per heavy atom. The summed E-state index contributed by atoms with van der Waals surface area (Å²) in [6, 6.07) is 14.0. The second-order valence-electron chi connectivity index (χ2n) is 5.25. The van der Waals surface area contributed by atoms with Gasteiger partial charge in [0.1, 0.15) is 0 Å². The fraction of sp³-hybridized carbons (Fsp3) is 0.176. The molecule has 0 unspecified atom stereocenters. The van der Waals surface area contributed by atoms with Crippen LogP contribution in [0.15, 0.2) is 54.9 Å². The molecule has 0 radical (unpaired) electrons. The van der Waals surface area contributed by atoms with Crippen LogP contribution in [0.3, 0.4) is 0 Å². The predicted octanol–water partition coefficient (Wildman–Crippen LogP) is 2.84. The molecule has 2 aromatic heterocycles. The lowest BCUT2D eigenvalue weighted by atomic mass is 10.1. The van der Waals surface area contributed by atoms with E-state index in [-0.39, 0.29) is 0 Å². The van der Waals surface area contributed by atoms with Gasteiger partial charge in [-0.3, -0.25) is 14.9 Å². The second kappa shape index (κ2) is 5.89. The molecule has 2 N–H and O–H groups in total. The highest BCUT2D eigenvalue weighted by Gasteiger charge is 2.06. The molecular formula is C17H18N4. The van der Waals surface area contributed by atoms with Crippen molar-refractivity contribution in [3.05, 3.63) is 66.1 Å². The largest absolute Gasteiger partial charge is 0.398 e. The Morgan fingerprint density at radius 3 is 2.62 bits per heavy atom. The minimum Gasteiger partial charge on any atom is -0.398 e. The van der Waals surface area contributed by atoms with Crippen LogP contribution in [0.4, 0.5) is 5.69 Å². The number of nitrogen functional groups attached to an aromatic ring is 1. The standard InChI is InChI=1S/C17H18N4/c1-21(11-13-6-8-19-9-7-13)12-14-10-16(18)15-4-2-3-5-17(15)20-14/h2-10H,11-12H2,1H3,(H2,18,20). The molecule has 2 heterocycles. The summed E-state index contributed by atoms with van der Waals surface area (Å²) in [5.74, 6) is 0. The Labute approximate surface area is 124 Å². The zero-order valence-corrected chi connectivity index (χ0v) is 12.0. The lowest BCUT2D eigenvalue weighted by Gasteiger charge is -2.17. The van der Waals surface area contributed by atoms with Gasteiger partial charge in [-0.25, -0.2) is 0 Å². The third-order valence-corrected chi connectivity index (χ3v) is 3.43. The highest BCUT2D eigenvalue weighted by molar-refractivity contribution is 5.90. The van der Waals surface area contributed by atoms with Crippen molar-refractivity contribution < 1.29 is 0 Å². The van der Waals surface area contributed by atoms with Gasteiger partial charge in [0.05, 0.1) is 11.2 Å². The molecule has 0 bridgehead atoms. The molecule has 0 atom stereocenters. The molecule has 21 heavy (non-hydrogen) atoms. The molecule has 106 valence electrons. The number of nitrogens with zero attached hydrogens (tertiary/aromatic N) is 3. The first kappa shape index (κ1) is 13.5. The molecule has 4 heteroatoms. The zero-order chi connectivity index (χ0) is 14.7. The van der Waals surface area contributed by atoms with E-state index in [1.165, 1.54) is 5.56 Å². The van der Waals surface area contributed by atoms with E-state index in [4.69, 9.17) is 5.73 Å². The SMILES string of the molecule is CN(Cc1ccncc1)Cc1cc(N)c2ccccc2n1. The molecule has 4 nitrogen and oxygen atoms in total. The Kier molecular flexibility index (Phi) is 3.79. The first-order valence-corrected chi connectivity index (χ1v) is 6.94. The summed E-state index contributed by atoms with van der Waals surface area (Å²) in [7, 11) is 2.08. The number of aromatic nitrogens is 2. The summed E-state index contributed by atoms with van der Waals surface area (Å²) in [5.41, 5.74) is 10.1. The average Bonchev–Trinajstić information content (AvgIpc) is 2.48. The number of hydrogen-bond acceptors (Lipinski definition) is 4. The minimum atomic E-state index is 0.761. The number of rotatable bonds is 4. The van der Waals surface area contributed by atoms with E-state index < -0.39 is 0 Å². The van der Waals surface area contributed by atoms with Gasteiger partial charge in [-0.2, -0.15) is 0 Å². The highest BCUT2D eigenvalue weighted by Crippen LogP contribution is 2.20. The van der Waals surface area contributed by atoms with Crippen molar-refractivity contribution in [1.82, 2.24) is 14.9 Å². The van der Waals surface area contributed by atoms with Crippen molar-refractivity contribution in [3.63, 3.8) is 0 Å². The summed E-state index contributed by atoms with van der Waals surface area (Å²) in [4.78, 5) is 10.9. The lowest BCUT2D eigenvalue weighted by molar-refractivity contribution is 0.315. The zero-order valence-electron chi connectivity index (χ0n) is 12.0. The summed E-state index contributed by atoms with van der Waals surface area (Å²) in [6.07, 6.45) is 3.63. The van der Waals surface area contributed by atoms with Crippen LogP contribution in [0.5, 0.6) is 0 Å². The van der Waals surface area contributed by atoms with Crippen molar-refractivity contribution in [2.24, 2.45) is 0 Å². The monoisotopic (exact) mass is 278 g/mol. The van der Waals surface area contributed by atoms with Gasteiger partial charge in [0.25, 0.3) is 0 Å². The van der Waals surface area contributed by atoms with E-state index in [2.05, 4.69) is 21.9 Å². The maximum atomic E-state index is 6.12. The highest BCUT2D eigenvalue weighted by atomic mass is 15.1. The Balaban J connectivity index is 1.78. The smallest absolute Gasteiger partial charge is 0.0726 e. The Morgan fingerprint density at radius 2 is 1.81 bits per heavy atom. The summed E-state index contributed by atoms with van der Waals surface area (Å²) < 4.78 is 0. The van der Waals surface area contributed by atoms with Crippen molar-refractivity contribution in [3.8, 4) is 0 Å². The number of para-hydroxylation sites is 1. The van der Waals surface area contributed by atoms with Gasteiger partial charge in [-0.05, 0) is 36.9 Å². The summed E-state index contributed by atoms with van der Waals surface area (Å²) >= 11 is 0. The Hall–Kier alpha value is -2.46. The van der Waals surface area contributed by atoms with E-state index >= 15 is 0 Å². The van der Waals surface area contributed by atoms with Gasteiger partial charge >= 0.3 is 0 Å². The molecule has 0 fully saturated rings. The van der Waals surface area contributed by atoms with Gasteiger partial charge in [0.15, 0.2) is 0 Å². The fourth-order valence-electron chi connectivity index (χ4n) is 2.47. The first-order valence-electron chi connectivity index (χ1n) is 6.94. The molecular weight excluding hydrogens is 260 g/mol. The van der Waals surface area contributed by atoms with Crippen LogP contribution in [0, 0.1) is 0 Å². The van der Waals surface area contributed by atoms with Crippen LogP contribution in [0.2, 0.25) is 0 Å². The molecule has 0 saturated heterocycles. The second-order valence-corrected chi connectivity index (χ2v) is 5.25. The molecule has 1 aromatic carbocycles. The third kappa shape index (κ3) is 3.17. The number of pyridine rings is 2. The molecule has 3 rings (SSSR count). The Bertz CT molecular complexity index is 740. The van der Waals surface area contributed by atoms with Crippen LogP contribution in [0.25, 0.3) is 10.9 Å². The number of hydrogen-bond donors (Lipinski definition) is 1. The van der Waals surface area contributed by atoms with E-state index in [9.17, 15) is 0 Å². The predicted molar refractivity (Wildman–Crippen MR) is 85.6 cm³/mol. The van der Waals surface area contributed by atoms with Gasteiger partial charge in [-0.1, -0.05) is 18.2 Å². The van der Waals surface area contributed by atoms with Gasteiger partial charge in [0, 0.05) is 36.6 Å². The van der Waals surface area contributed by atoms with Crippen molar-refractivity contribution in [2.45, 2.75) is 13.1 Å². The molecule has 0 amide bonds. The minimum absolute atomic E-state index is 0.761. The first-order chi connectivity index (χ1) is 10.2. The molecule has 0 aliphatic heterocycles. The van der Waals surface area contributed by atoms with Crippen molar-refractivity contribution in [2.75, 3.05) is 12.8 Å². The van der Waals surface area contributed by atoms with Gasteiger partial charge in [0.2, 0.25) is 0 Å². The summed E-state index contributed by atoms with van der Waals surface area (Å²) in [6.45, 7) is 1.62. The molecule has 0 saturated carbocycles. The quantitative estimate of drug-likeness (QED) is 0.797. The molecule has 3 aromatic rings. The third-order valence-electron chi connectivity index (χ3n) is 3.43. The van der Waals surface area contributed by atoms with Crippen LogP contribution >= 0.6 is 0 Å². The topological polar surface area (TPSA) is 55.0 Å². The van der Waals surface area contributed by atoms with E-state index in [0.717, 1.165) is 35.4 Å². The number of nitrogens with two attached hydrogens (primary N) is 1. The van der Waals surface area contributed by atoms with Gasteiger partial charge in [-0.15, -0.1) is 0 Å². The summed E-state index contributed by atoms with van der Waals surface area (Å²) in [5, 5.41) is 1.01. The van der Waals surface area contributed by atoms with E-state index in [1.807, 2.05) is 54.9 Å². The van der Waals surface area contributed by atoms with Gasteiger partial charge < -0.3 is 5.73 Å². The average molecular weight is 278 g/mol. The lowest BCUT2D eigenvalue weighted by Crippen LogP contribution is -2.18. The van der Waals surface area contributed by atoms with E-state index in [0.29, 0.717) is 0 Å². The maximum Gasteiger partial charge on any atom is 0.0726 e. The van der Waals surface area contributed by atoms with Crippen LogP contribution < -0.4 is 5.73 Å². The van der Waals surface area contributed by atoms with Crippen LogP contribution in [-0.2, 0) is 13.1 Å². The number of fused-ring (bicyclic) bond motifs is 1. The molecule has 0 aliphatic carbocycles. The maximum absolute atomic E-state index is 6.12. The molecule has 0 spiro atoms. The number of anilines is 1. The van der Waals surface area contributed by atoms with Crippen LogP contribution in [0.1, 0.15) is 11.3 Å². The fourth-order valence-corrected chi connectivity index (χ4v) is 2.47. The van der Waals surface area contributed by atoms with E-state index in [1.54, 1.807) is 0 Å². The van der Waals surface area contributed by atoms with Crippen LogP contribution in [-0.4, -0.2) is 21.9 Å². The molecule has 0 aliphatic rings. The normalized spacial score (nSPS) is 11.1. The van der Waals surface area contributed by atoms with Crippen molar-refractivity contribution in [1.29, 1.82) is 0 Å². The number of benzene rings is 1. The van der Waals surface area contributed by atoms with Crippen molar-refractivity contribution >= 4 is 16.6 Å².